The largest absolute Gasteiger partial charge is 0.440 e. The number of hydrogen-bond acceptors (Lipinski definition) is 3. The first-order valence-electron chi connectivity index (χ1n) is 7.54. The predicted octanol–water partition coefficient (Wildman–Crippen LogP) is 4.71. The van der Waals surface area contributed by atoms with E-state index in [-0.39, 0.29) is 11.8 Å². The van der Waals surface area contributed by atoms with Crippen LogP contribution in [-0.2, 0) is 0 Å². The van der Waals surface area contributed by atoms with Gasteiger partial charge in [-0.05, 0) is 28.5 Å². The third-order valence-electron chi connectivity index (χ3n) is 4.33. The van der Waals surface area contributed by atoms with Crippen molar-refractivity contribution in [1.29, 1.82) is 5.26 Å². The van der Waals surface area contributed by atoms with Gasteiger partial charge in [0.05, 0.1) is 5.92 Å². The minimum atomic E-state index is -0.349. The number of hydrogen-bond donors (Lipinski definition) is 1. The third-order valence-corrected chi connectivity index (χ3v) is 4.67. The quantitative estimate of drug-likeness (QED) is 0.702. The van der Waals surface area contributed by atoms with E-state index in [1.165, 1.54) is 0 Å². The Morgan fingerprint density at radius 3 is 2.54 bits per heavy atom. The Morgan fingerprint density at radius 1 is 1.00 bits per heavy atom. The van der Waals surface area contributed by atoms with Gasteiger partial charge in [0.15, 0.2) is 0 Å². The van der Waals surface area contributed by atoms with Gasteiger partial charge in [0.25, 0.3) is 0 Å². The van der Waals surface area contributed by atoms with Crippen LogP contribution in [0.2, 0.25) is 5.02 Å². The summed E-state index contributed by atoms with van der Waals surface area (Å²) in [6.07, 6.45) is 0. The Hall–Kier alpha value is -2.96. The van der Waals surface area contributed by atoms with Gasteiger partial charge < -0.3 is 10.5 Å². The van der Waals surface area contributed by atoms with E-state index in [2.05, 4.69) is 6.07 Å². The number of nitriles is 1. The lowest BCUT2D eigenvalue weighted by atomic mass is 9.81. The van der Waals surface area contributed by atoms with Crippen molar-refractivity contribution in [2.24, 2.45) is 5.73 Å². The molecule has 0 saturated heterocycles. The summed E-state index contributed by atoms with van der Waals surface area (Å²) in [6.45, 7) is 0. The fourth-order valence-corrected chi connectivity index (χ4v) is 3.51. The minimum absolute atomic E-state index is 0.130. The molecule has 1 atom stereocenters. The van der Waals surface area contributed by atoms with E-state index < -0.39 is 0 Å². The fourth-order valence-electron chi connectivity index (χ4n) is 3.26. The van der Waals surface area contributed by atoms with Crippen molar-refractivity contribution in [3.8, 4) is 11.8 Å². The second kappa shape index (κ2) is 5.59. The average Bonchev–Trinajstić information content (AvgIpc) is 2.61. The van der Waals surface area contributed by atoms with E-state index >= 15 is 0 Å². The first-order chi connectivity index (χ1) is 11.7. The second-order valence-corrected chi connectivity index (χ2v) is 6.05. The Bertz CT molecular complexity index is 1030. The molecule has 116 valence electrons. The normalized spacial score (nSPS) is 16.4. The summed E-state index contributed by atoms with van der Waals surface area (Å²) < 4.78 is 5.73. The molecule has 0 unspecified atom stereocenters. The van der Waals surface area contributed by atoms with Gasteiger partial charge in [-0.1, -0.05) is 60.1 Å². The molecule has 0 amide bonds. The van der Waals surface area contributed by atoms with Gasteiger partial charge in [-0.3, -0.25) is 0 Å². The lowest BCUT2D eigenvalue weighted by Crippen LogP contribution is -2.21. The van der Waals surface area contributed by atoms with E-state index in [4.69, 9.17) is 22.1 Å². The fraction of sp³-hybridized carbons (Fsp3) is 0.0500. The molecule has 0 bridgehead atoms. The second-order valence-electron chi connectivity index (χ2n) is 5.64. The summed E-state index contributed by atoms with van der Waals surface area (Å²) in [5.41, 5.74) is 8.17. The maximum atomic E-state index is 9.67. The Balaban J connectivity index is 2.10. The maximum Gasteiger partial charge on any atom is 0.205 e. The maximum absolute atomic E-state index is 9.67. The molecule has 0 radical (unpaired) electrons. The lowest BCUT2D eigenvalue weighted by molar-refractivity contribution is 0.395. The van der Waals surface area contributed by atoms with Gasteiger partial charge in [-0.25, -0.2) is 0 Å². The summed E-state index contributed by atoms with van der Waals surface area (Å²) in [5, 5.41) is 12.4. The van der Waals surface area contributed by atoms with Crippen LogP contribution in [-0.4, -0.2) is 0 Å². The molecule has 3 nitrogen and oxygen atoms in total. The molecule has 0 saturated carbocycles. The van der Waals surface area contributed by atoms with Crippen LogP contribution in [0.3, 0.4) is 0 Å². The minimum Gasteiger partial charge on any atom is -0.440 e. The number of benzene rings is 3. The van der Waals surface area contributed by atoms with E-state index in [0.29, 0.717) is 16.3 Å². The molecule has 0 spiro atoms. The van der Waals surface area contributed by atoms with E-state index in [1.807, 2.05) is 60.7 Å². The van der Waals surface area contributed by atoms with Crippen molar-refractivity contribution in [2.45, 2.75) is 5.92 Å². The summed E-state index contributed by atoms with van der Waals surface area (Å²) in [5.74, 6) is 0.443. The average molecular weight is 333 g/mol. The smallest absolute Gasteiger partial charge is 0.205 e. The van der Waals surface area contributed by atoms with Crippen LogP contribution in [0.5, 0.6) is 5.75 Å². The molecule has 2 N–H and O–H groups in total. The number of halogens is 1. The zero-order chi connectivity index (χ0) is 16.7. The Morgan fingerprint density at radius 2 is 1.75 bits per heavy atom. The first-order valence-corrected chi connectivity index (χ1v) is 7.92. The van der Waals surface area contributed by atoms with Crippen LogP contribution >= 0.6 is 11.6 Å². The van der Waals surface area contributed by atoms with Gasteiger partial charge in [-0.15, -0.1) is 0 Å². The van der Waals surface area contributed by atoms with Crippen LogP contribution in [0.4, 0.5) is 0 Å². The molecule has 0 fully saturated rings. The van der Waals surface area contributed by atoms with E-state index in [9.17, 15) is 5.26 Å². The zero-order valence-corrected chi connectivity index (χ0v) is 13.4. The van der Waals surface area contributed by atoms with Gasteiger partial charge in [0.1, 0.15) is 17.4 Å². The molecule has 3 aromatic carbocycles. The van der Waals surface area contributed by atoms with Crippen molar-refractivity contribution in [3.05, 3.63) is 88.3 Å². The van der Waals surface area contributed by atoms with Gasteiger partial charge in [-0.2, -0.15) is 5.26 Å². The van der Waals surface area contributed by atoms with Crippen LogP contribution in [0, 0.1) is 11.3 Å². The van der Waals surface area contributed by atoms with E-state index in [1.54, 1.807) is 0 Å². The number of rotatable bonds is 1. The number of nitrogens with two attached hydrogens (primary N) is 1. The molecule has 3 aromatic rings. The zero-order valence-electron chi connectivity index (χ0n) is 12.7. The van der Waals surface area contributed by atoms with Crippen LogP contribution in [0.1, 0.15) is 17.0 Å². The highest BCUT2D eigenvalue weighted by molar-refractivity contribution is 6.31. The molecule has 1 heterocycles. The number of allylic oxidation sites excluding steroid dienone is 1. The van der Waals surface area contributed by atoms with Crippen molar-refractivity contribution in [1.82, 2.24) is 0 Å². The molecule has 0 aliphatic carbocycles. The lowest BCUT2D eigenvalue weighted by Gasteiger charge is -2.28. The standard InChI is InChI=1S/C20H13ClN2O/c21-16-8-4-3-7-14(16)18-15(11-22)20(23)24-17-10-9-12-5-1-2-6-13(12)19(17)18/h1-10,18H,23H2/t18-/m0/s1. The summed E-state index contributed by atoms with van der Waals surface area (Å²) in [4.78, 5) is 0. The van der Waals surface area contributed by atoms with Gasteiger partial charge >= 0.3 is 0 Å². The molecular weight excluding hydrogens is 320 g/mol. The van der Waals surface area contributed by atoms with Crippen LogP contribution in [0.15, 0.2) is 72.1 Å². The molecule has 0 aromatic heterocycles. The molecule has 4 rings (SSSR count). The van der Waals surface area contributed by atoms with Gasteiger partial charge in [0, 0.05) is 10.6 Å². The highest BCUT2D eigenvalue weighted by atomic mass is 35.5. The van der Waals surface area contributed by atoms with Crippen molar-refractivity contribution >= 4 is 22.4 Å². The van der Waals surface area contributed by atoms with Crippen molar-refractivity contribution in [2.75, 3.05) is 0 Å². The SMILES string of the molecule is N#CC1=C(N)Oc2ccc3ccccc3c2[C@H]1c1ccccc1Cl. The summed E-state index contributed by atoms with van der Waals surface area (Å²) in [6, 6.07) is 21.6. The first kappa shape index (κ1) is 14.6. The van der Waals surface area contributed by atoms with Crippen LogP contribution in [0.25, 0.3) is 10.8 Å². The third kappa shape index (κ3) is 2.12. The number of fused-ring (bicyclic) bond motifs is 3. The highest BCUT2D eigenvalue weighted by Crippen LogP contribution is 2.46. The molecule has 4 heteroatoms. The summed E-state index contributed by atoms with van der Waals surface area (Å²) in [7, 11) is 0. The number of nitrogens with zero attached hydrogens (tertiary/aromatic N) is 1. The van der Waals surface area contributed by atoms with Crippen molar-refractivity contribution < 1.29 is 4.74 Å². The topological polar surface area (TPSA) is 59.0 Å². The van der Waals surface area contributed by atoms with Gasteiger partial charge in [0.2, 0.25) is 5.88 Å². The molecular formula is C20H13ClN2O. The Kier molecular flexibility index (Phi) is 3.41. The summed E-state index contributed by atoms with van der Waals surface area (Å²) >= 11 is 6.43. The molecule has 24 heavy (non-hydrogen) atoms. The van der Waals surface area contributed by atoms with Crippen molar-refractivity contribution in [3.63, 3.8) is 0 Å². The Labute approximate surface area is 144 Å². The molecule has 1 aliphatic rings. The highest BCUT2D eigenvalue weighted by Gasteiger charge is 2.33. The monoisotopic (exact) mass is 332 g/mol. The van der Waals surface area contributed by atoms with Crippen LogP contribution < -0.4 is 10.5 Å². The molecule has 1 aliphatic heterocycles. The number of ether oxygens (including phenoxy) is 1. The predicted molar refractivity (Wildman–Crippen MR) is 94.7 cm³/mol. The van der Waals surface area contributed by atoms with E-state index in [0.717, 1.165) is 21.9 Å².